The molecule has 3 N–H and O–H groups in total. The lowest BCUT2D eigenvalue weighted by molar-refractivity contribution is 0.0602. The van der Waals surface area contributed by atoms with E-state index in [1.165, 1.54) is 24.5 Å². The summed E-state index contributed by atoms with van der Waals surface area (Å²) in [5.74, 6) is -1.13. The van der Waals surface area contributed by atoms with Gasteiger partial charge >= 0.3 is 5.97 Å². The van der Waals surface area contributed by atoms with Crippen molar-refractivity contribution in [1.29, 1.82) is 0 Å². The van der Waals surface area contributed by atoms with E-state index >= 15 is 0 Å². The van der Waals surface area contributed by atoms with Gasteiger partial charge in [0.25, 0.3) is 0 Å². The lowest BCUT2D eigenvalue weighted by Crippen LogP contribution is -2.09. The van der Waals surface area contributed by atoms with Crippen molar-refractivity contribution in [3.63, 3.8) is 0 Å². The normalized spacial score (nSPS) is 10.2. The number of hydrogen-bond donors (Lipinski definition) is 2. The van der Waals surface area contributed by atoms with Gasteiger partial charge in [-0.25, -0.2) is 14.2 Å². The molecule has 1 heterocycles. The molecule has 0 radical (unpaired) electrons. The number of benzene rings is 1. The molecule has 0 amide bonds. The van der Waals surface area contributed by atoms with Gasteiger partial charge in [0, 0.05) is 17.3 Å². The predicted octanol–water partition coefficient (Wildman–Crippen LogP) is 2.26. The molecule has 0 saturated heterocycles. The molecule has 2 rings (SSSR count). The Morgan fingerprint density at radius 3 is 3.00 bits per heavy atom. The first-order valence-electron chi connectivity index (χ1n) is 5.41. The monoisotopic (exact) mass is 281 g/mol. The maximum atomic E-state index is 13.7. The number of carbonyl (C=O) groups excluding carboxylic acids is 1. The molecule has 0 saturated carbocycles. The second-order valence-electron chi connectivity index (χ2n) is 3.69. The molecule has 2 aromatic rings. The first-order chi connectivity index (χ1) is 9.11. The largest absolute Gasteiger partial charge is 0.465 e. The van der Waals surface area contributed by atoms with Gasteiger partial charge in [0.15, 0.2) is 0 Å². The number of nitrogens with one attached hydrogen (secondary N) is 1. The molecule has 1 aromatic heterocycles. The molecule has 0 bridgehead atoms. The number of nitrogens with zero attached hydrogens (tertiary/aromatic N) is 1. The van der Waals surface area contributed by atoms with Crippen molar-refractivity contribution in [2.45, 2.75) is 6.54 Å². The van der Waals surface area contributed by atoms with Crippen LogP contribution in [0.3, 0.4) is 0 Å². The second-order valence-corrected chi connectivity index (χ2v) is 4.67. The maximum Gasteiger partial charge on any atom is 0.340 e. The molecule has 0 aliphatic rings. The Hall–Kier alpha value is -2.15. The number of aromatic nitrogens is 1. The van der Waals surface area contributed by atoms with E-state index in [4.69, 9.17) is 5.73 Å². The van der Waals surface area contributed by atoms with Crippen LogP contribution >= 0.6 is 11.3 Å². The first-order valence-corrected chi connectivity index (χ1v) is 6.29. The lowest BCUT2D eigenvalue weighted by Gasteiger charge is -2.10. The number of ether oxygens (including phenoxy) is 1. The van der Waals surface area contributed by atoms with Crippen LogP contribution in [-0.2, 0) is 11.3 Å². The van der Waals surface area contributed by atoms with Gasteiger partial charge in [0.05, 0.1) is 24.9 Å². The summed E-state index contributed by atoms with van der Waals surface area (Å²) >= 11 is 1.45. The van der Waals surface area contributed by atoms with Crippen molar-refractivity contribution in [1.82, 2.24) is 4.98 Å². The number of carbonyl (C=O) groups is 1. The topological polar surface area (TPSA) is 77.2 Å². The van der Waals surface area contributed by atoms with Crippen molar-refractivity contribution in [2.75, 3.05) is 18.2 Å². The SMILES string of the molecule is COC(=O)c1cc(NCc2nccs2)c(F)cc1N. The standard InChI is InChI=1S/C12H12FN3O2S/c1-18-12(17)7-4-10(8(13)5-9(7)14)16-6-11-15-2-3-19-11/h2-5,16H,6,14H2,1H3. The summed E-state index contributed by atoms with van der Waals surface area (Å²) in [5, 5.41) is 5.52. The Bertz CT molecular complexity index is 587. The average molecular weight is 281 g/mol. The summed E-state index contributed by atoms with van der Waals surface area (Å²) in [6.07, 6.45) is 1.67. The molecular weight excluding hydrogens is 269 g/mol. The van der Waals surface area contributed by atoms with Crippen molar-refractivity contribution in [2.24, 2.45) is 0 Å². The fraction of sp³-hybridized carbons (Fsp3) is 0.167. The minimum absolute atomic E-state index is 0.0455. The van der Waals surface area contributed by atoms with Crippen LogP contribution in [-0.4, -0.2) is 18.1 Å². The zero-order valence-corrected chi connectivity index (χ0v) is 11.0. The van der Waals surface area contributed by atoms with Gasteiger partial charge < -0.3 is 15.8 Å². The zero-order chi connectivity index (χ0) is 13.8. The number of nitrogens with two attached hydrogens (primary N) is 1. The molecule has 0 atom stereocenters. The smallest absolute Gasteiger partial charge is 0.340 e. The number of halogens is 1. The number of anilines is 2. The third kappa shape index (κ3) is 3.00. The van der Waals surface area contributed by atoms with E-state index < -0.39 is 11.8 Å². The van der Waals surface area contributed by atoms with Gasteiger partial charge in [0.1, 0.15) is 10.8 Å². The Morgan fingerprint density at radius 1 is 1.58 bits per heavy atom. The third-order valence-electron chi connectivity index (χ3n) is 2.46. The molecule has 100 valence electrons. The van der Waals surface area contributed by atoms with Crippen molar-refractivity contribution >= 4 is 28.7 Å². The minimum atomic E-state index is -0.602. The molecule has 0 aliphatic carbocycles. The molecule has 7 heteroatoms. The maximum absolute atomic E-state index is 13.7. The third-order valence-corrected chi connectivity index (χ3v) is 3.24. The van der Waals surface area contributed by atoms with E-state index in [0.29, 0.717) is 6.54 Å². The molecule has 0 fully saturated rings. The van der Waals surface area contributed by atoms with Gasteiger partial charge in [-0.05, 0) is 12.1 Å². The van der Waals surface area contributed by atoms with Crippen LogP contribution in [0.4, 0.5) is 15.8 Å². The Kier molecular flexibility index (Phi) is 3.96. The Morgan fingerprint density at radius 2 is 2.37 bits per heavy atom. The highest BCUT2D eigenvalue weighted by Gasteiger charge is 2.14. The lowest BCUT2D eigenvalue weighted by atomic mass is 10.1. The van der Waals surface area contributed by atoms with Crippen LogP contribution in [0.1, 0.15) is 15.4 Å². The molecule has 0 unspecified atom stereocenters. The van der Waals surface area contributed by atoms with Gasteiger partial charge in [-0.3, -0.25) is 0 Å². The summed E-state index contributed by atoms with van der Waals surface area (Å²) in [7, 11) is 1.24. The number of thiazole rings is 1. The van der Waals surface area contributed by atoms with Crippen LogP contribution < -0.4 is 11.1 Å². The highest BCUT2D eigenvalue weighted by molar-refractivity contribution is 7.09. The fourth-order valence-corrected chi connectivity index (χ4v) is 2.08. The van der Waals surface area contributed by atoms with Crippen molar-refractivity contribution in [3.8, 4) is 0 Å². The average Bonchev–Trinajstić information content (AvgIpc) is 2.90. The van der Waals surface area contributed by atoms with E-state index in [0.717, 1.165) is 11.1 Å². The molecule has 1 aromatic carbocycles. The van der Waals surface area contributed by atoms with E-state index in [1.54, 1.807) is 6.20 Å². The summed E-state index contributed by atoms with van der Waals surface area (Å²) in [6.45, 7) is 0.374. The van der Waals surface area contributed by atoms with E-state index in [2.05, 4.69) is 15.0 Å². The summed E-state index contributed by atoms with van der Waals surface area (Å²) in [6, 6.07) is 2.43. The van der Waals surface area contributed by atoms with Crippen LogP contribution in [0.15, 0.2) is 23.7 Å². The van der Waals surface area contributed by atoms with Crippen LogP contribution in [0.2, 0.25) is 0 Å². The molecule has 19 heavy (non-hydrogen) atoms. The molecule has 5 nitrogen and oxygen atoms in total. The van der Waals surface area contributed by atoms with Crippen LogP contribution in [0, 0.1) is 5.82 Å². The highest BCUT2D eigenvalue weighted by atomic mass is 32.1. The molecular formula is C12H12FN3O2S. The van der Waals surface area contributed by atoms with Crippen molar-refractivity contribution < 1.29 is 13.9 Å². The summed E-state index contributed by atoms with van der Waals surface area (Å²) in [5.41, 5.74) is 5.94. The number of rotatable bonds is 4. The minimum Gasteiger partial charge on any atom is -0.465 e. The zero-order valence-electron chi connectivity index (χ0n) is 10.1. The van der Waals surface area contributed by atoms with Crippen molar-refractivity contribution in [3.05, 3.63) is 40.1 Å². The first kappa shape index (κ1) is 13.3. The second kappa shape index (κ2) is 5.66. The van der Waals surface area contributed by atoms with Crippen LogP contribution in [0.5, 0.6) is 0 Å². The summed E-state index contributed by atoms with van der Waals surface area (Å²) < 4.78 is 18.3. The Labute approximate surface area is 113 Å². The predicted molar refractivity (Wildman–Crippen MR) is 71.6 cm³/mol. The molecule has 0 spiro atoms. The van der Waals surface area contributed by atoms with Crippen LogP contribution in [0.25, 0.3) is 0 Å². The Balaban J connectivity index is 2.22. The number of esters is 1. The summed E-state index contributed by atoms with van der Waals surface area (Å²) in [4.78, 5) is 15.5. The molecule has 0 aliphatic heterocycles. The quantitative estimate of drug-likeness (QED) is 0.664. The van der Waals surface area contributed by atoms with Gasteiger partial charge in [-0.2, -0.15) is 0 Å². The van der Waals surface area contributed by atoms with Gasteiger partial charge in [-0.15, -0.1) is 11.3 Å². The van der Waals surface area contributed by atoms with Gasteiger partial charge in [0.2, 0.25) is 0 Å². The van der Waals surface area contributed by atoms with E-state index in [9.17, 15) is 9.18 Å². The van der Waals surface area contributed by atoms with Gasteiger partial charge in [-0.1, -0.05) is 0 Å². The fourth-order valence-electron chi connectivity index (χ4n) is 1.52. The number of methoxy groups -OCH3 is 1. The number of nitrogen functional groups attached to an aromatic ring is 1. The highest BCUT2D eigenvalue weighted by Crippen LogP contribution is 2.23. The number of hydrogen-bond acceptors (Lipinski definition) is 6. The van der Waals surface area contributed by atoms with E-state index in [1.807, 2.05) is 5.38 Å². The van der Waals surface area contributed by atoms with E-state index in [-0.39, 0.29) is 16.9 Å².